The molecule has 1 aliphatic heterocycles. The van der Waals surface area contributed by atoms with E-state index in [2.05, 4.69) is 5.32 Å². The van der Waals surface area contributed by atoms with Gasteiger partial charge in [-0.15, -0.1) is 0 Å². The highest BCUT2D eigenvalue weighted by atomic mass is 35.5. The predicted octanol–water partition coefficient (Wildman–Crippen LogP) is 2.84. The number of nitrogen functional groups attached to an aromatic ring is 1. The van der Waals surface area contributed by atoms with Gasteiger partial charge in [0.15, 0.2) is 0 Å². The highest BCUT2D eigenvalue weighted by Crippen LogP contribution is 2.29. The normalized spacial score (nSPS) is 21.1. The molecule has 2 nitrogen and oxygen atoms in total. The monoisotopic (exact) mass is 228 g/mol. The molecular formula is C10H13ClN2S. The van der Waals surface area contributed by atoms with E-state index in [4.69, 9.17) is 17.3 Å². The van der Waals surface area contributed by atoms with E-state index in [1.54, 1.807) is 0 Å². The van der Waals surface area contributed by atoms with Crippen LogP contribution < -0.4 is 11.1 Å². The zero-order valence-corrected chi connectivity index (χ0v) is 9.37. The van der Waals surface area contributed by atoms with Crippen LogP contribution in [0.5, 0.6) is 0 Å². The van der Waals surface area contributed by atoms with Crippen LogP contribution in [-0.4, -0.2) is 17.5 Å². The molecule has 2 rings (SSSR count). The standard InChI is InChI=1S/C10H13ClN2S/c11-8-2-1-3-9(10(8)12)13-7-4-5-14-6-7/h1-3,7,13H,4-6,12H2. The molecule has 76 valence electrons. The maximum absolute atomic E-state index is 5.93. The van der Waals surface area contributed by atoms with Crippen LogP contribution in [0.3, 0.4) is 0 Å². The van der Waals surface area contributed by atoms with Crippen molar-refractivity contribution in [2.24, 2.45) is 0 Å². The zero-order chi connectivity index (χ0) is 9.97. The van der Waals surface area contributed by atoms with Crippen molar-refractivity contribution >= 4 is 34.7 Å². The van der Waals surface area contributed by atoms with Crippen molar-refractivity contribution < 1.29 is 0 Å². The van der Waals surface area contributed by atoms with Crippen molar-refractivity contribution in [1.82, 2.24) is 0 Å². The molecule has 0 aliphatic carbocycles. The number of para-hydroxylation sites is 1. The van der Waals surface area contributed by atoms with Gasteiger partial charge in [-0.25, -0.2) is 0 Å². The number of hydrogen-bond donors (Lipinski definition) is 2. The van der Waals surface area contributed by atoms with Crippen molar-refractivity contribution in [3.05, 3.63) is 23.2 Å². The number of nitrogens with two attached hydrogens (primary N) is 1. The molecule has 1 fully saturated rings. The van der Waals surface area contributed by atoms with Crippen molar-refractivity contribution in [3.8, 4) is 0 Å². The van der Waals surface area contributed by atoms with Crippen LogP contribution in [0.2, 0.25) is 5.02 Å². The molecule has 0 aromatic heterocycles. The summed E-state index contributed by atoms with van der Waals surface area (Å²) in [5, 5.41) is 4.05. The lowest BCUT2D eigenvalue weighted by atomic mass is 10.2. The molecule has 1 atom stereocenters. The van der Waals surface area contributed by atoms with Crippen LogP contribution in [0.4, 0.5) is 11.4 Å². The molecule has 0 amide bonds. The highest BCUT2D eigenvalue weighted by Gasteiger charge is 2.16. The molecular weight excluding hydrogens is 216 g/mol. The minimum absolute atomic E-state index is 0.542. The van der Waals surface area contributed by atoms with E-state index >= 15 is 0 Å². The van der Waals surface area contributed by atoms with Crippen molar-refractivity contribution in [2.75, 3.05) is 22.6 Å². The Morgan fingerprint density at radius 2 is 2.36 bits per heavy atom. The fourth-order valence-electron chi connectivity index (χ4n) is 1.53. The Labute approximate surface area is 93.2 Å². The Kier molecular flexibility index (Phi) is 3.08. The Morgan fingerprint density at radius 3 is 3.07 bits per heavy atom. The topological polar surface area (TPSA) is 38.0 Å². The van der Waals surface area contributed by atoms with Crippen molar-refractivity contribution in [3.63, 3.8) is 0 Å². The largest absolute Gasteiger partial charge is 0.396 e. The SMILES string of the molecule is Nc1c(Cl)cccc1NC1CCSC1. The summed E-state index contributed by atoms with van der Waals surface area (Å²) in [6.07, 6.45) is 1.20. The number of rotatable bonds is 2. The molecule has 1 saturated heterocycles. The fraction of sp³-hybridized carbons (Fsp3) is 0.400. The van der Waals surface area contributed by atoms with Gasteiger partial charge in [0.05, 0.1) is 16.4 Å². The summed E-state index contributed by atoms with van der Waals surface area (Å²) >= 11 is 7.90. The average molecular weight is 229 g/mol. The van der Waals surface area contributed by atoms with Gasteiger partial charge in [-0.3, -0.25) is 0 Å². The Balaban J connectivity index is 2.11. The molecule has 0 bridgehead atoms. The third-order valence-electron chi connectivity index (χ3n) is 2.34. The summed E-state index contributed by atoms with van der Waals surface area (Å²) < 4.78 is 0. The molecule has 1 heterocycles. The van der Waals surface area contributed by atoms with E-state index in [0.29, 0.717) is 16.8 Å². The van der Waals surface area contributed by atoms with Gasteiger partial charge in [0.25, 0.3) is 0 Å². The second-order valence-electron chi connectivity index (χ2n) is 3.41. The van der Waals surface area contributed by atoms with Gasteiger partial charge < -0.3 is 11.1 Å². The second kappa shape index (κ2) is 4.32. The maximum Gasteiger partial charge on any atom is 0.0739 e. The molecule has 0 spiro atoms. The van der Waals surface area contributed by atoms with Crippen LogP contribution >= 0.6 is 23.4 Å². The first-order chi connectivity index (χ1) is 6.77. The summed E-state index contributed by atoms with van der Waals surface area (Å²) in [6.45, 7) is 0. The molecule has 0 radical (unpaired) electrons. The van der Waals surface area contributed by atoms with Gasteiger partial charge >= 0.3 is 0 Å². The summed E-state index contributed by atoms with van der Waals surface area (Å²) in [5.41, 5.74) is 7.48. The average Bonchev–Trinajstić information content (AvgIpc) is 2.66. The number of hydrogen-bond acceptors (Lipinski definition) is 3. The first kappa shape index (κ1) is 9.99. The minimum atomic E-state index is 0.542. The van der Waals surface area contributed by atoms with Gasteiger partial charge in [0, 0.05) is 11.8 Å². The lowest BCUT2D eigenvalue weighted by Crippen LogP contribution is -2.18. The van der Waals surface area contributed by atoms with Crippen molar-refractivity contribution in [2.45, 2.75) is 12.5 Å². The first-order valence-electron chi connectivity index (χ1n) is 4.65. The molecule has 3 N–H and O–H groups in total. The number of anilines is 2. The highest BCUT2D eigenvalue weighted by molar-refractivity contribution is 7.99. The summed E-state index contributed by atoms with van der Waals surface area (Å²) in [7, 11) is 0. The predicted molar refractivity (Wildman–Crippen MR) is 65.2 cm³/mol. The van der Waals surface area contributed by atoms with Crippen molar-refractivity contribution in [1.29, 1.82) is 0 Å². The zero-order valence-electron chi connectivity index (χ0n) is 7.79. The van der Waals surface area contributed by atoms with Crippen LogP contribution in [0.15, 0.2) is 18.2 Å². The number of benzene rings is 1. The summed E-state index contributed by atoms with van der Waals surface area (Å²) in [4.78, 5) is 0. The first-order valence-corrected chi connectivity index (χ1v) is 6.19. The van der Waals surface area contributed by atoms with Crippen LogP contribution in [0, 0.1) is 0 Å². The molecule has 1 aromatic carbocycles. The third kappa shape index (κ3) is 2.10. The molecule has 14 heavy (non-hydrogen) atoms. The fourth-order valence-corrected chi connectivity index (χ4v) is 2.86. The summed E-state index contributed by atoms with van der Waals surface area (Å²) in [5.74, 6) is 2.39. The van der Waals surface area contributed by atoms with Gasteiger partial charge in [-0.05, 0) is 24.3 Å². The number of thioether (sulfide) groups is 1. The van der Waals surface area contributed by atoms with Gasteiger partial charge in [-0.1, -0.05) is 17.7 Å². The molecule has 0 saturated carbocycles. The lowest BCUT2D eigenvalue weighted by molar-refractivity contribution is 0.813. The molecule has 1 aliphatic rings. The van der Waals surface area contributed by atoms with E-state index in [1.165, 1.54) is 12.2 Å². The number of halogens is 1. The van der Waals surface area contributed by atoms with Crippen LogP contribution in [0.1, 0.15) is 6.42 Å². The van der Waals surface area contributed by atoms with Crippen LogP contribution in [-0.2, 0) is 0 Å². The van der Waals surface area contributed by atoms with E-state index < -0.39 is 0 Å². The van der Waals surface area contributed by atoms with Gasteiger partial charge in [-0.2, -0.15) is 11.8 Å². The smallest absolute Gasteiger partial charge is 0.0739 e. The van der Waals surface area contributed by atoms with Gasteiger partial charge in [0.1, 0.15) is 0 Å². The van der Waals surface area contributed by atoms with Crippen LogP contribution in [0.25, 0.3) is 0 Å². The minimum Gasteiger partial charge on any atom is -0.396 e. The van der Waals surface area contributed by atoms with E-state index in [-0.39, 0.29) is 0 Å². The third-order valence-corrected chi connectivity index (χ3v) is 3.83. The Hall–Kier alpha value is -0.540. The van der Waals surface area contributed by atoms with Gasteiger partial charge in [0.2, 0.25) is 0 Å². The summed E-state index contributed by atoms with van der Waals surface area (Å²) in [6, 6.07) is 6.25. The number of nitrogens with one attached hydrogen (secondary N) is 1. The second-order valence-corrected chi connectivity index (χ2v) is 4.96. The van der Waals surface area contributed by atoms with E-state index in [9.17, 15) is 0 Å². The van der Waals surface area contributed by atoms with E-state index in [1.807, 2.05) is 30.0 Å². The molecule has 1 unspecified atom stereocenters. The molecule has 1 aromatic rings. The van der Waals surface area contributed by atoms with E-state index in [0.717, 1.165) is 11.4 Å². The maximum atomic E-state index is 5.93. The Morgan fingerprint density at radius 1 is 1.50 bits per heavy atom. The Bertz CT molecular complexity index is 324. The molecule has 4 heteroatoms. The lowest BCUT2D eigenvalue weighted by Gasteiger charge is -2.15. The quantitative estimate of drug-likeness (QED) is 0.765.